The normalized spacial score (nSPS) is 14.5. The van der Waals surface area contributed by atoms with Crippen LogP contribution in [0.25, 0.3) is 11.3 Å². The van der Waals surface area contributed by atoms with Crippen LogP contribution in [0.3, 0.4) is 0 Å². The monoisotopic (exact) mass is 445 g/mol. The number of aromatic hydroxyl groups is 1. The highest BCUT2D eigenvalue weighted by Gasteiger charge is 2.39. The van der Waals surface area contributed by atoms with E-state index in [-0.39, 0.29) is 24.3 Å². The zero-order valence-electron chi connectivity index (χ0n) is 17.0. The van der Waals surface area contributed by atoms with E-state index in [4.69, 9.17) is 0 Å². The maximum atomic E-state index is 12.5. The summed E-state index contributed by atoms with van der Waals surface area (Å²) in [4.78, 5) is 20.5. The number of rotatable bonds is 8. The van der Waals surface area contributed by atoms with Crippen molar-refractivity contribution in [2.75, 3.05) is 12.8 Å². The van der Waals surface area contributed by atoms with Crippen molar-refractivity contribution in [3.8, 4) is 17.0 Å². The van der Waals surface area contributed by atoms with Crippen LogP contribution in [0.1, 0.15) is 29.9 Å². The Hall–Kier alpha value is -3.31. The van der Waals surface area contributed by atoms with Crippen LogP contribution in [0.5, 0.6) is 5.75 Å². The second-order valence-electron chi connectivity index (χ2n) is 7.41. The first kappa shape index (κ1) is 22.4. The summed E-state index contributed by atoms with van der Waals surface area (Å²) in [6.07, 6.45) is 7.17. The number of benzene rings is 1. The Balaban J connectivity index is 1.76. The van der Waals surface area contributed by atoms with Crippen molar-refractivity contribution in [2.45, 2.75) is 24.3 Å². The van der Waals surface area contributed by atoms with Crippen LogP contribution in [-0.2, 0) is 9.84 Å². The summed E-state index contributed by atoms with van der Waals surface area (Å²) in [7, 11) is -3.70. The molecule has 0 aliphatic heterocycles. The number of sulfone groups is 1. The second kappa shape index (κ2) is 8.82. The number of nitrogens with zero attached hydrogens (tertiary/aromatic N) is 4. The molecule has 1 amide bonds. The molecule has 0 radical (unpaired) electrons. The van der Waals surface area contributed by atoms with Gasteiger partial charge in [-0.05, 0) is 19.1 Å². The number of nitrogens with one attached hydrogen (secondary N) is 1. The molecule has 3 aromatic rings. The number of phenolic OH excluding ortho intramolecular Hbond substituents is 1. The van der Waals surface area contributed by atoms with E-state index >= 15 is 0 Å². The predicted octanol–water partition coefficient (Wildman–Crippen LogP) is 1.16. The first-order valence-corrected chi connectivity index (χ1v) is 11.2. The van der Waals surface area contributed by atoms with Crippen LogP contribution in [0, 0.1) is 0 Å². The minimum absolute atomic E-state index is 0.0274. The minimum atomic E-state index is -3.70. The maximum absolute atomic E-state index is 12.5. The number of hydrogen-bond donors (Lipinski definition) is 3. The van der Waals surface area contributed by atoms with E-state index in [0.29, 0.717) is 11.3 Å². The summed E-state index contributed by atoms with van der Waals surface area (Å²) in [5.74, 6) is -0.833. The largest absolute Gasteiger partial charge is 0.507 e. The number of aliphatic hydroxyl groups is 1. The molecule has 2 aromatic heterocycles. The zero-order valence-corrected chi connectivity index (χ0v) is 17.8. The molecular weight excluding hydrogens is 422 g/mol. The van der Waals surface area contributed by atoms with Gasteiger partial charge in [-0.15, -0.1) is 0 Å². The van der Waals surface area contributed by atoms with Crippen molar-refractivity contribution in [1.82, 2.24) is 25.1 Å². The fourth-order valence-electron chi connectivity index (χ4n) is 2.94. The fourth-order valence-corrected chi connectivity index (χ4v) is 3.73. The topological polar surface area (TPSA) is 147 Å². The quantitative estimate of drug-likeness (QED) is 0.468. The molecule has 0 saturated carbocycles. The van der Waals surface area contributed by atoms with Gasteiger partial charge in [0.25, 0.3) is 5.91 Å². The van der Waals surface area contributed by atoms with Crippen molar-refractivity contribution >= 4 is 15.7 Å². The number of hydrogen-bond acceptors (Lipinski definition) is 8. The summed E-state index contributed by atoms with van der Waals surface area (Å²) < 4.78 is 24.7. The molecule has 3 N–H and O–H groups in total. The molecule has 2 atom stereocenters. The number of carbonyl (C=O) groups is 1. The lowest BCUT2D eigenvalue weighted by Crippen LogP contribution is -2.47. The van der Waals surface area contributed by atoms with E-state index in [0.717, 1.165) is 6.26 Å². The van der Waals surface area contributed by atoms with E-state index in [2.05, 4.69) is 20.4 Å². The minimum Gasteiger partial charge on any atom is -0.507 e. The van der Waals surface area contributed by atoms with Crippen molar-refractivity contribution in [2.24, 2.45) is 0 Å². The molecule has 0 fully saturated rings. The third kappa shape index (κ3) is 5.06. The predicted molar refractivity (Wildman–Crippen MR) is 113 cm³/mol. The fraction of sp³-hybridized carbons (Fsp3) is 0.300. The van der Waals surface area contributed by atoms with Gasteiger partial charge >= 0.3 is 0 Å². The average Bonchev–Trinajstić information content (AvgIpc) is 3.23. The van der Waals surface area contributed by atoms with Gasteiger partial charge in [0.05, 0.1) is 28.4 Å². The Kier molecular flexibility index (Phi) is 6.37. The van der Waals surface area contributed by atoms with Gasteiger partial charge in [-0.2, -0.15) is 5.10 Å². The molecule has 2 unspecified atom stereocenters. The Morgan fingerprint density at radius 3 is 2.65 bits per heavy atom. The van der Waals surface area contributed by atoms with Crippen LogP contribution in [0.4, 0.5) is 0 Å². The number of para-hydroxylation sites is 1. The van der Waals surface area contributed by atoms with Gasteiger partial charge in [-0.3, -0.25) is 14.8 Å². The lowest BCUT2D eigenvalue weighted by Gasteiger charge is -2.30. The van der Waals surface area contributed by atoms with Crippen LogP contribution in [0.15, 0.2) is 55.2 Å². The van der Waals surface area contributed by atoms with Crippen LogP contribution >= 0.6 is 0 Å². The van der Waals surface area contributed by atoms with Crippen molar-refractivity contribution in [1.29, 1.82) is 0 Å². The number of aliphatic hydroxyl groups excluding tert-OH is 1. The van der Waals surface area contributed by atoms with Crippen molar-refractivity contribution < 1.29 is 23.4 Å². The smallest absolute Gasteiger partial charge is 0.255 e. The van der Waals surface area contributed by atoms with Gasteiger partial charge in [-0.1, -0.05) is 12.1 Å². The lowest BCUT2D eigenvalue weighted by molar-refractivity contribution is 0.0689. The van der Waals surface area contributed by atoms with Crippen LogP contribution in [0.2, 0.25) is 0 Å². The molecule has 2 heterocycles. The third-order valence-corrected chi connectivity index (χ3v) is 7.15. The maximum Gasteiger partial charge on any atom is 0.255 e. The molecular formula is C20H23N5O5S. The summed E-state index contributed by atoms with van der Waals surface area (Å²) in [5, 5.41) is 27.1. The number of aromatic nitrogens is 4. The van der Waals surface area contributed by atoms with Crippen molar-refractivity contribution in [3.05, 3.63) is 60.8 Å². The van der Waals surface area contributed by atoms with E-state index in [9.17, 15) is 23.4 Å². The molecule has 11 heteroatoms. The Morgan fingerprint density at radius 1 is 1.26 bits per heavy atom. The molecule has 10 nitrogen and oxygen atoms in total. The second-order valence-corrected chi connectivity index (χ2v) is 9.94. The summed E-state index contributed by atoms with van der Waals surface area (Å²) in [6.45, 7) is 1.16. The summed E-state index contributed by atoms with van der Waals surface area (Å²) in [5.41, 5.74) is 1.20. The first-order valence-electron chi connectivity index (χ1n) is 9.35. The van der Waals surface area contributed by atoms with Gasteiger partial charge in [0.2, 0.25) is 0 Å². The SMILES string of the molecule is CC(CNC(=O)c1ccccc1O)(CC(O)n1cc(-c2cnccn2)cn1)S(C)(=O)=O. The summed E-state index contributed by atoms with van der Waals surface area (Å²) >= 11 is 0. The van der Waals surface area contributed by atoms with Gasteiger partial charge < -0.3 is 15.5 Å². The van der Waals surface area contributed by atoms with Crippen LogP contribution < -0.4 is 5.32 Å². The Labute approximate surface area is 179 Å². The standard InChI is InChI=1S/C20H23N5O5S/c1-20(31(2,29)30,13-23-19(28)15-5-3-4-6-17(15)26)9-18(27)25-12-14(10-24-25)16-11-21-7-8-22-16/h3-8,10-12,18,26-27H,9,13H2,1-2H3,(H,23,28). The number of carbonyl (C=O) groups excluding carboxylic acids is 1. The number of amides is 1. The molecule has 0 saturated heterocycles. The Morgan fingerprint density at radius 2 is 2.00 bits per heavy atom. The molecule has 164 valence electrons. The molecule has 31 heavy (non-hydrogen) atoms. The molecule has 0 aliphatic carbocycles. The van der Waals surface area contributed by atoms with Gasteiger partial charge in [0.15, 0.2) is 9.84 Å². The highest BCUT2D eigenvalue weighted by molar-refractivity contribution is 7.92. The molecule has 0 bridgehead atoms. The van der Waals surface area contributed by atoms with Gasteiger partial charge in [0, 0.05) is 43.4 Å². The molecule has 3 rings (SSSR count). The van der Waals surface area contributed by atoms with E-state index in [1.54, 1.807) is 18.3 Å². The van der Waals surface area contributed by atoms with Gasteiger partial charge in [0.1, 0.15) is 12.0 Å². The zero-order chi connectivity index (χ0) is 22.6. The third-order valence-electron chi connectivity index (χ3n) is 5.05. The first-order chi connectivity index (χ1) is 14.6. The van der Waals surface area contributed by atoms with Crippen LogP contribution in [-0.4, -0.2) is 61.8 Å². The summed E-state index contributed by atoms with van der Waals surface area (Å²) in [6, 6.07) is 5.94. The van der Waals surface area contributed by atoms with E-state index < -0.39 is 26.7 Å². The van der Waals surface area contributed by atoms with E-state index in [1.807, 2.05) is 0 Å². The molecule has 0 spiro atoms. The Bertz CT molecular complexity index is 1170. The van der Waals surface area contributed by atoms with Crippen molar-refractivity contribution in [3.63, 3.8) is 0 Å². The van der Waals surface area contributed by atoms with E-state index in [1.165, 1.54) is 48.5 Å². The lowest BCUT2D eigenvalue weighted by atomic mass is 10.1. The highest BCUT2D eigenvalue weighted by Crippen LogP contribution is 2.27. The number of phenols is 1. The molecule has 0 aliphatic rings. The highest BCUT2D eigenvalue weighted by atomic mass is 32.2. The van der Waals surface area contributed by atoms with Gasteiger partial charge in [-0.25, -0.2) is 13.1 Å². The average molecular weight is 446 g/mol. The molecule has 1 aromatic carbocycles.